The van der Waals surface area contributed by atoms with E-state index in [1.54, 1.807) is 30.0 Å². The van der Waals surface area contributed by atoms with Crippen molar-refractivity contribution in [3.63, 3.8) is 0 Å². The number of carbonyl (C=O) groups is 1. The first-order valence-electron chi connectivity index (χ1n) is 11.6. The molecule has 0 saturated carbocycles. The van der Waals surface area contributed by atoms with Gasteiger partial charge in [0.2, 0.25) is 0 Å². The Labute approximate surface area is 215 Å². The van der Waals surface area contributed by atoms with Gasteiger partial charge >= 0.3 is 0 Å². The topological polar surface area (TPSA) is 35.6 Å². The molecule has 2 heterocycles. The first-order chi connectivity index (χ1) is 16.5. The molecule has 3 aromatic rings. The van der Waals surface area contributed by atoms with Gasteiger partial charge in [-0.1, -0.05) is 53.2 Å². The molecule has 1 unspecified atom stereocenters. The number of rotatable bonds is 6. The lowest BCUT2D eigenvalue weighted by atomic mass is 10.1. The van der Waals surface area contributed by atoms with Crippen LogP contribution in [0.25, 0.3) is 0 Å². The zero-order valence-corrected chi connectivity index (χ0v) is 21.4. The van der Waals surface area contributed by atoms with Gasteiger partial charge in [-0.05, 0) is 75.3 Å². The van der Waals surface area contributed by atoms with Gasteiger partial charge in [-0.2, -0.15) is 0 Å². The molecule has 0 aromatic heterocycles. The molecule has 1 saturated heterocycles. The van der Waals surface area contributed by atoms with Crippen molar-refractivity contribution in [2.24, 2.45) is 0 Å². The Morgan fingerprint density at radius 3 is 2.44 bits per heavy atom. The van der Waals surface area contributed by atoms with Gasteiger partial charge in [0.05, 0.1) is 11.4 Å². The number of para-hydroxylation sites is 1. The minimum absolute atomic E-state index is 0.144. The molecule has 2 aliphatic rings. The number of anilines is 2. The summed E-state index contributed by atoms with van der Waals surface area (Å²) < 4.78 is 0. The van der Waals surface area contributed by atoms with E-state index in [1.807, 2.05) is 12.1 Å². The maximum Gasteiger partial charge on any atom is 0.251 e. The molecule has 5 rings (SSSR count). The first kappa shape index (κ1) is 23.6. The van der Waals surface area contributed by atoms with Crippen LogP contribution in [0, 0.1) is 0 Å². The molecule has 1 amide bonds. The fourth-order valence-electron chi connectivity index (χ4n) is 4.79. The highest BCUT2D eigenvalue weighted by molar-refractivity contribution is 7.99. The van der Waals surface area contributed by atoms with Crippen molar-refractivity contribution in [3.05, 3.63) is 81.8 Å². The molecule has 7 heteroatoms. The second-order valence-electron chi connectivity index (χ2n) is 8.86. The van der Waals surface area contributed by atoms with Crippen molar-refractivity contribution in [1.82, 2.24) is 10.2 Å². The van der Waals surface area contributed by atoms with Gasteiger partial charge in [-0.25, -0.2) is 0 Å². The Morgan fingerprint density at radius 1 is 0.971 bits per heavy atom. The van der Waals surface area contributed by atoms with Crippen molar-refractivity contribution in [3.8, 4) is 0 Å². The maximum atomic E-state index is 13.1. The Bertz CT molecular complexity index is 1190. The largest absolute Gasteiger partial charge is 0.348 e. The molecule has 0 radical (unpaired) electrons. The molecule has 1 N–H and O–H groups in total. The van der Waals surface area contributed by atoms with Crippen LogP contribution in [0.1, 0.15) is 35.7 Å². The van der Waals surface area contributed by atoms with E-state index in [2.05, 4.69) is 52.4 Å². The number of amides is 1. The third-order valence-corrected chi connectivity index (χ3v) is 8.31. The molecule has 176 valence electrons. The van der Waals surface area contributed by atoms with Crippen LogP contribution in [0.3, 0.4) is 0 Å². The van der Waals surface area contributed by atoms with E-state index in [0.29, 0.717) is 15.6 Å². The molecule has 34 heavy (non-hydrogen) atoms. The summed E-state index contributed by atoms with van der Waals surface area (Å²) >= 11 is 14.3. The number of carbonyl (C=O) groups excluding carboxylic acids is 1. The molecule has 0 aliphatic carbocycles. The number of hydrogen-bond donors (Lipinski definition) is 1. The normalized spacial score (nSPS) is 16.1. The molecular weight excluding hydrogens is 485 g/mol. The second-order valence-corrected chi connectivity index (χ2v) is 10.8. The van der Waals surface area contributed by atoms with Crippen LogP contribution in [0.15, 0.2) is 70.5 Å². The lowest BCUT2D eigenvalue weighted by Crippen LogP contribution is -2.40. The summed E-state index contributed by atoms with van der Waals surface area (Å²) in [5.74, 6) is -0.144. The number of likely N-dealkylation sites (tertiary alicyclic amines) is 1. The van der Waals surface area contributed by atoms with Crippen molar-refractivity contribution in [2.45, 2.75) is 42.1 Å². The third-order valence-electron chi connectivity index (χ3n) is 6.47. The number of benzene rings is 3. The third kappa shape index (κ3) is 4.80. The van der Waals surface area contributed by atoms with E-state index in [9.17, 15) is 4.79 Å². The summed E-state index contributed by atoms with van der Waals surface area (Å²) in [6.07, 6.45) is 2.55. The average molecular weight is 513 g/mol. The highest BCUT2D eigenvalue weighted by Gasteiger charge is 2.29. The lowest BCUT2D eigenvalue weighted by molar-refractivity contribution is 0.0951. The van der Waals surface area contributed by atoms with E-state index in [-0.39, 0.29) is 18.5 Å². The van der Waals surface area contributed by atoms with Gasteiger partial charge in [0.25, 0.3) is 5.91 Å². The van der Waals surface area contributed by atoms with Crippen molar-refractivity contribution >= 4 is 52.2 Å². The Balaban J connectivity index is 1.42. The molecule has 1 fully saturated rings. The smallest absolute Gasteiger partial charge is 0.251 e. The number of fused-ring (bicyclic) bond motifs is 2. The Morgan fingerprint density at radius 2 is 1.68 bits per heavy atom. The molecule has 2 aliphatic heterocycles. The molecule has 3 aromatic carbocycles. The minimum Gasteiger partial charge on any atom is -0.348 e. The molecule has 0 bridgehead atoms. The minimum atomic E-state index is -0.144. The quantitative estimate of drug-likeness (QED) is 0.385. The zero-order valence-electron chi connectivity index (χ0n) is 19.1. The molecular formula is C27H27Cl2N3OS. The number of nitrogens with zero attached hydrogens (tertiary/aromatic N) is 2. The van der Waals surface area contributed by atoms with E-state index in [1.165, 1.54) is 23.4 Å². The summed E-state index contributed by atoms with van der Waals surface area (Å²) in [5.41, 5.74) is 3.63. The van der Waals surface area contributed by atoms with Gasteiger partial charge in [0.1, 0.15) is 0 Å². The Kier molecular flexibility index (Phi) is 7.07. The summed E-state index contributed by atoms with van der Waals surface area (Å²) in [6, 6.07) is 20.1. The molecule has 4 nitrogen and oxygen atoms in total. The van der Waals surface area contributed by atoms with E-state index >= 15 is 0 Å². The van der Waals surface area contributed by atoms with Crippen LogP contribution in [0.4, 0.5) is 11.4 Å². The van der Waals surface area contributed by atoms with Gasteiger partial charge in [-0.3, -0.25) is 4.79 Å². The average Bonchev–Trinajstić information content (AvgIpc) is 3.34. The van der Waals surface area contributed by atoms with Crippen LogP contribution in [-0.4, -0.2) is 36.5 Å². The molecule has 0 spiro atoms. The second kappa shape index (κ2) is 10.2. The van der Waals surface area contributed by atoms with Crippen LogP contribution >= 0.6 is 35.0 Å². The van der Waals surface area contributed by atoms with Crippen molar-refractivity contribution < 1.29 is 4.79 Å². The summed E-state index contributed by atoms with van der Waals surface area (Å²) in [6.45, 7) is 5.88. The lowest BCUT2D eigenvalue weighted by Gasteiger charge is -2.39. The van der Waals surface area contributed by atoms with E-state index in [0.717, 1.165) is 35.8 Å². The first-order valence-corrected chi connectivity index (χ1v) is 13.2. The highest BCUT2D eigenvalue weighted by Crippen LogP contribution is 2.49. The van der Waals surface area contributed by atoms with Gasteiger partial charge < -0.3 is 15.1 Å². The van der Waals surface area contributed by atoms with Crippen LogP contribution in [-0.2, 0) is 6.54 Å². The van der Waals surface area contributed by atoms with Crippen LogP contribution < -0.4 is 10.2 Å². The fraction of sp³-hybridized carbons (Fsp3) is 0.296. The van der Waals surface area contributed by atoms with Gasteiger partial charge in [-0.15, -0.1) is 0 Å². The highest BCUT2D eigenvalue weighted by atomic mass is 35.5. The predicted molar refractivity (Wildman–Crippen MR) is 142 cm³/mol. The van der Waals surface area contributed by atoms with Gasteiger partial charge in [0, 0.05) is 50.1 Å². The maximum absolute atomic E-state index is 13.1. The standard InChI is InChI=1S/C27H27Cl2N3OS/c1-18(17-31-13-4-5-14-31)32-23-9-2-3-10-25(23)34-26-12-11-19(15-24(26)32)27(33)30-16-20-21(28)7-6-8-22(20)29/h2-3,6-12,15,18H,4-5,13-14,16-17H2,1H3,(H,30,33). The Hall–Kier alpha value is -2.18. The summed E-state index contributed by atoms with van der Waals surface area (Å²) in [4.78, 5) is 20.4. The van der Waals surface area contributed by atoms with Crippen LogP contribution in [0.2, 0.25) is 10.0 Å². The number of halogens is 2. The van der Waals surface area contributed by atoms with E-state index < -0.39 is 0 Å². The SMILES string of the molecule is CC(CN1CCCC1)N1c2ccccc2Sc2ccc(C(=O)NCc3c(Cl)cccc3Cl)cc21. The molecule has 1 atom stereocenters. The predicted octanol–water partition coefficient (Wildman–Crippen LogP) is 7.01. The fourth-order valence-corrected chi connectivity index (χ4v) is 6.37. The summed E-state index contributed by atoms with van der Waals surface area (Å²) in [7, 11) is 0. The zero-order chi connectivity index (χ0) is 23.7. The summed E-state index contributed by atoms with van der Waals surface area (Å²) in [5, 5.41) is 4.08. The van der Waals surface area contributed by atoms with Gasteiger partial charge in [0.15, 0.2) is 0 Å². The van der Waals surface area contributed by atoms with Crippen molar-refractivity contribution in [1.29, 1.82) is 0 Å². The number of hydrogen-bond acceptors (Lipinski definition) is 4. The number of nitrogens with one attached hydrogen (secondary N) is 1. The van der Waals surface area contributed by atoms with Crippen LogP contribution in [0.5, 0.6) is 0 Å². The monoisotopic (exact) mass is 511 g/mol. The van der Waals surface area contributed by atoms with Crippen molar-refractivity contribution in [2.75, 3.05) is 24.5 Å². The van der Waals surface area contributed by atoms with E-state index in [4.69, 9.17) is 23.2 Å².